The zero-order valence-electron chi connectivity index (χ0n) is 32.5. The maximum atomic E-state index is 11.9. The topological polar surface area (TPSA) is 208 Å². The number of anilines is 1. The first-order valence-electron chi connectivity index (χ1n) is 20.8. The number of imidazole rings is 1. The molecule has 3 aromatic heterocycles. The number of nitrogen functional groups attached to an aromatic ring is 1. The number of nitrogens with zero attached hydrogens (tertiary/aromatic N) is 7. The molecule has 302 valence electrons. The second-order valence-electron chi connectivity index (χ2n) is 18.2. The zero-order chi connectivity index (χ0) is 38.6. The Morgan fingerprint density at radius 1 is 1.05 bits per heavy atom. The van der Waals surface area contributed by atoms with E-state index >= 15 is 0 Å². The number of carboxylic acids is 1. The fourth-order valence-electron chi connectivity index (χ4n) is 12.4. The van der Waals surface area contributed by atoms with Crippen molar-refractivity contribution in [1.82, 2.24) is 34.5 Å². The number of carbonyl (C=O) groups is 1. The number of hydrogen-bond acceptors (Lipinski definition) is 12. The minimum Gasteiger partial charge on any atom is -0.481 e. The van der Waals surface area contributed by atoms with Gasteiger partial charge in [0, 0.05) is 24.8 Å². The lowest BCUT2D eigenvalue weighted by Crippen LogP contribution is -2.58. The monoisotopic (exact) mass is 780 g/mol. The molecule has 1 saturated heterocycles. The lowest BCUT2D eigenvalue weighted by atomic mass is 9.43. The Bertz CT molecular complexity index is 1840. The van der Waals surface area contributed by atoms with Crippen molar-refractivity contribution in [1.29, 1.82) is 0 Å². The van der Waals surface area contributed by atoms with E-state index < -0.39 is 24.4 Å². The molecule has 1 aliphatic heterocycles. The average Bonchev–Trinajstić information content (AvgIpc) is 3.95. The van der Waals surface area contributed by atoms with Crippen LogP contribution in [0.5, 0.6) is 0 Å². The number of aliphatic hydroxyl groups excluding tert-OH is 3. The Kier molecular flexibility index (Phi) is 11.0. The third kappa shape index (κ3) is 7.18. The molecule has 6 N–H and O–H groups in total. The van der Waals surface area contributed by atoms with E-state index in [0.29, 0.717) is 70.1 Å². The molecule has 5 aliphatic rings. The van der Waals surface area contributed by atoms with Gasteiger partial charge in [0.2, 0.25) is 0 Å². The standard InChI is InChI=1S/C40H60N8O6S/c1-22(7-10-33(52)53)26-8-9-27-34-28(12-14-40(26,27)3)39(2)13-11-25(16-23(39)17-30(34)51)48-19-24(45-46-48)6-4-5-15-55-38-43-36(41)35-37(44-38)47(21-42-35)32-18-29(50)31(20-49)54-32/h19,21-23,25-32,34,49-51H,4-18,20H2,1-3H3,(H,52,53)(H2,41,43,44)/t22-,23+,25-,26-,27+,28+,29+,30-,31-,32-,34+,39+,40-/m1/s1. The van der Waals surface area contributed by atoms with Crippen LogP contribution in [0.25, 0.3) is 11.2 Å². The molecule has 14 nitrogen and oxygen atoms in total. The van der Waals surface area contributed by atoms with E-state index in [1.807, 2.05) is 0 Å². The van der Waals surface area contributed by atoms with Gasteiger partial charge in [0.25, 0.3) is 0 Å². The summed E-state index contributed by atoms with van der Waals surface area (Å²) in [4.78, 5) is 24.9. The largest absolute Gasteiger partial charge is 0.481 e. The second-order valence-corrected chi connectivity index (χ2v) is 19.3. The Morgan fingerprint density at radius 3 is 2.64 bits per heavy atom. The van der Waals surface area contributed by atoms with Crippen LogP contribution in [0.1, 0.15) is 122 Å². The Morgan fingerprint density at radius 2 is 1.85 bits per heavy atom. The van der Waals surface area contributed by atoms with E-state index in [1.165, 1.54) is 19.3 Å². The number of rotatable bonds is 13. The summed E-state index contributed by atoms with van der Waals surface area (Å²) in [7, 11) is 0. The number of aliphatic carboxylic acids is 1. The highest BCUT2D eigenvalue weighted by Crippen LogP contribution is 2.69. The first-order valence-corrected chi connectivity index (χ1v) is 21.8. The summed E-state index contributed by atoms with van der Waals surface area (Å²) < 4.78 is 9.67. The molecule has 8 rings (SSSR count). The van der Waals surface area contributed by atoms with Crippen LogP contribution < -0.4 is 5.73 Å². The van der Waals surface area contributed by atoms with Crippen LogP contribution in [0.15, 0.2) is 17.7 Å². The normalized spacial score (nSPS) is 37.8. The summed E-state index contributed by atoms with van der Waals surface area (Å²) in [5.74, 6) is 3.25. The molecule has 0 bridgehead atoms. The van der Waals surface area contributed by atoms with Gasteiger partial charge in [-0.3, -0.25) is 9.36 Å². The van der Waals surface area contributed by atoms with Gasteiger partial charge < -0.3 is 30.9 Å². The van der Waals surface area contributed by atoms with E-state index in [4.69, 9.17) is 15.5 Å². The van der Waals surface area contributed by atoms with Crippen molar-refractivity contribution >= 4 is 34.7 Å². The average molecular weight is 781 g/mol. The molecule has 0 amide bonds. The predicted molar refractivity (Wildman–Crippen MR) is 207 cm³/mol. The van der Waals surface area contributed by atoms with Gasteiger partial charge in [0.15, 0.2) is 16.6 Å². The number of hydrogen-bond donors (Lipinski definition) is 5. The van der Waals surface area contributed by atoms with Crippen molar-refractivity contribution in [3.63, 3.8) is 0 Å². The van der Waals surface area contributed by atoms with Crippen molar-refractivity contribution in [2.75, 3.05) is 18.1 Å². The van der Waals surface area contributed by atoms with Gasteiger partial charge in [-0.2, -0.15) is 0 Å². The maximum absolute atomic E-state index is 11.9. The fourth-order valence-corrected chi connectivity index (χ4v) is 13.2. The molecule has 0 unspecified atom stereocenters. The predicted octanol–water partition coefficient (Wildman–Crippen LogP) is 5.43. The van der Waals surface area contributed by atoms with Crippen LogP contribution in [0, 0.1) is 46.3 Å². The highest BCUT2D eigenvalue weighted by molar-refractivity contribution is 7.99. The molecule has 5 fully saturated rings. The smallest absolute Gasteiger partial charge is 0.303 e. The molecule has 15 heteroatoms. The van der Waals surface area contributed by atoms with Crippen LogP contribution in [0.2, 0.25) is 0 Å². The van der Waals surface area contributed by atoms with Crippen LogP contribution in [0.4, 0.5) is 5.82 Å². The van der Waals surface area contributed by atoms with Gasteiger partial charge in [0.05, 0.1) is 36.9 Å². The Labute approximate surface area is 327 Å². The summed E-state index contributed by atoms with van der Waals surface area (Å²) in [5, 5.41) is 50.6. The van der Waals surface area contributed by atoms with Crippen LogP contribution in [0.3, 0.4) is 0 Å². The van der Waals surface area contributed by atoms with Crippen molar-refractivity contribution in [2.24, 2.45) is 46.3 Å². The molecule has 0 aromatic carbocycles. The minimum absolute atomic E-state index is 0.194. The lowest BCUT2D eigenvalue weighted by Gasteiger charge is -2.62. The molecule has 4 heterocycles. The first kappa shape index (κ1) is 39.0. The number of aromatic nitrogens is 7. The number of unbranched alkanes of at least 4 members (excludes halogenated alkanes) is 1. The number of thioether (sulfide) groups is 1. The summed E-state index contributed by atoms with van der Waals surface area (Å²) in [6.07, 6.45) is 14.5. The van der Waals surface area contributed by atoms with Crippen molar-refractivity contribution in [3.8, 4) is 0 Å². The third-order valence-corrected chi connectivity index (χ3v) is 16.3. The summed E-state index contributed by atoms with van der Waals surface area (Å²) >= 11 is 1.54. The molecular weight excluding hydrogens is 721 g/mol. The maximum Gasteiger partial charge on any atom is 0.303 e. The van der Waals surface area contributed by atoms with E-state index in [-0.39, 0.29) is 30.0 Å². The van der Waals surface area contributed by atoms with Crippen molar-refractivity contribution in [2.45, 2.75) is 146 Å². The molecule has 3 aromatic rings. The summed E-state index contributed by atoms with van der Waals surface area (Å²) in [6.45, 7) is 7.01. The van der Waals surface area contributed by atoms with Crippen LogP contribution in [-0.4, -0.2) is 91.6 Å². The van der Waals surface area contributed by atoms with E-state index in [9.17, 15) is 25.2 Å². The summed E-state index contributed by atoms with van der Waals surface area (Å²) in [6, 6.07) is 0.303. The van der Waals surface area contributed by atoms with E-state index in [2.05, 4.69) is 51.9 Å². The van der Waals surface area contributed by atoms with Gasteiger partial charge in [-0.1, -0.05) is 37.7 Å². The molecule has 4 saturated carbocycles. The Hall–Kier alpha value is -2.85. The van der Waals surface area contributed by atoms with Gasteiger partial charge in [-0.15, -0.1) is 5.10 Å². The van der Waals surface area contributed by atoms with Crippen LogP contribution in [-0.2, 0) is 16.0 Å². The molecule has 55 heavy (non-hydrogen) atoms. The van der Waals surface area contributed by atoms with Crippen LogP contribution >= 0.6 is 11.8 Å². The van der Waals surface area contributed by atoms with Crippen molar-refractivity contribution in [3.05, 3.63) is 18.2 Å². The molecule has 0 spiro atoms. The highest BCUT2D eigenvalue weighted by Gasteiger charge is 2.63. The van der Waals surface area contributed by atoms with Gasteiger partial charge in [-0.25, -0.2) is 19.6 Å². The number of nitrogens with two attached hydrogens (primary N) is 1. The Balaban J connectivity index is 0.832. The number of aliphatic hydroxyl groups is 3. The number of aryl methyl sites for hydroxylation is 1. The highest BCUT2D eigenvalue weighted by atomic mass is 32.2. The first-order chi connectivity index (χ1) is 26.4. The SMILES string of the molecule is C[C@H](CCC(=O)O)[C@H]1CC[C@H]2[C@@H]3[C@H](O)C[C@@H]4C[C@H](n5cc(CCCCSc6nc(N)c7ncn([C@H]8C[C@H](O)[C@@H](CO)O8)c7n6)nn5)CC[C@]4(C)[C@H]3CC[C@]12C. The quantitative estimate of drug-likeness (QED) is 0.0835. The number of fused-ring (bicyclic) bond motifs is 6. The molecular formula is C40H60N8O6S. The number of carboxylic acid groups (broad SMARTS) is 1. The van der Waals surface area contributed by atoms with Gasteiger partial charge >= 0.3 is 5.97 Å². The zero-order valence-corrected chi connectivity index (χ0v) is 33.4. The molecule has 0 radical (unpaired) electrons. The number of ether oxygens (including phenoxy) is 1. The van der Waals surface area contributed by atoms with E-state index in [0.717, 1.165) is 69.2 Å². The second kappa shape index (κ2) is 15.5. The summed E-state index contributed by atoms with van der Waals surface area (Å²) in [5.41, 5.74) is 8.71. The fraction of sp³-hybridized carbons (Fsp3) is 0.800. The molecule has 13 atom stereocenters. The lowest BCUT2D eigenvalue weighted by molar-refractivity contribution is -0.169. The molecule has 4 aliphatic carbocycles. The van der Waals surface area contributed by atoms with Crippen molar-refractivity contribution < 1.29 is 30.0 Å². The van der Waals surface area contributed by atoms with Gasteiger partial charge in [-0.05, 0) is 123 Å². The minimum atomic E-state index is -0.760. The van der Waals surface area contributed by atoms with E-state index in [1.54, 1.807) is 22.7 Å². The van der Waals surface area contributed by atoms with Gasteiger partial charge in [0.1, 0.15) is 17.8 Å². The third-order valence-electron chi connectivity index (χ3n) is 15.3.